The Kier molecular flexibility index (Phi) is 4.13. The third-order valence-corrected chi connectivity index (χ3v) is 4.79. The maximum Gasteiger partial charge on any atom is 0.311 e. The highest BCUT2D eigenvalue weighted by Crippen LogP contribution is 2.38. The van der Waals surface area contributed by atoms with Gasteiger partial charge in [0, 0.05) is 19.6 Å². The third kappa shape index (κ3) is 2.61. The predicted octanol–water partition coefficient (Wildman–Crippen LogP) is 0.945. The number of carboxylic acids is 1. The number of carbonyl (C=O) groups is 2. The lowest BCUT2D eigenvalue weighted by molar-refractivity contribution is -0.151. The Bertz CT molecular complexity index is 364. The van der Waals surface area contributed by atoms with E-state index < -0.39 is 11.4 Å². The summed E-state index contributed by atoms with van der Waals surface area (Å²) in [6.45, 7) is 6.54. The van der Waals surface area contributed by atoms with Gasteiger partial charge in [-0.2, -0.15) is 0 Å². The molecule has 5 heteroatoms. The van der Waals surface area contributed by atoms with Crippen molar-refractivity contribution in [3.05, 3.63) is 0 Å². The van der Waals surface area contributed by atoms with E-state index in [1.54, 1.807) is 4.90 Å². The molecule has 0 aromatic heterocycles. The lowest BCUT2D eigenvalue weighted by atomic mass is 9.76. The quantitative estimate of drug-likeness (QED) is 0.799. The van der Waals surface area contributed by atoms with Gasteiger partial charge in [0.05, 0.1) is 11.3 Å². The highest BCUT2D eigenvalue weighted by Gasteiger charge is 2.49. The van der Waals surface area contributed by atoms with Crippen molar-refractivity contribution in [2.45, 2.75) is 33.1 Å². The van der Waals surface area contributed by atoms with Gasteiger partial charge in [0.25, 0.3) is 0 Å². The van der Waals surface area contributed by atoms with Crippen molar-refractivity contribution in [2.75, 3.05) is 26.2 Å². The summed E-state index contributed by atoms with van der Waals surface area (Å²) in [7, 11) is 0. The molecule has 2 aliphatic heterocycles. The summed E-state index contributed by atoms with van der Waals surface area (Å²) in [6.07, 6.45) is 2.52. The number of aliphatic carboxylic acids is 1. The molecule has 2 rings (SSSR count). The van der Waals surface area contributed by atoms with Crippen LogP contribution < -0.4 is 5.32 Å². The molecule has 0 aromatic carbocycles. The number of hydrogen-bond acceptors (Lipinski definition) is 3. The zero-order valence-corrected chi connectivity index (χ0v) is 11.8. The van der Waals surface area contributed by atoms with E-state index in [1.165, 1.54) is 0 Å². The standard InChI is InChI=1S/C14H24N2O3/c1-10(2)14(13(18)19)5-7-16(9-14)12(17)11-4-3-6-15-8-11/h10-11,15H,3-9H2,1-2H3,(H,18,19)/t11-,14?/m0/s1. The average Bonchev–Trinajstić information content (AvgIpc) is 2.85. The average molecular weight is 268 g/mol. The Labute approximate surface area is 114 Å². The minimum atomic E-state index is -0.764. The van der Waals surface area contributed by atoms with Crippen molar-refractivity contribution in [2.24, 2.45) is 17.3 Å². The first kappa shape index (κ1) is 14.3. The molecular formula is C14H24N2O3. The summed E-state index contributed by atoms with van der Waals surface area (Å²) in [6, 6.07) is 0. The van der Waals surface area contributed by atoms with E-state index in [0.29, 0.717) is 19.5 Å². The SMILES string of the molecule is CC(C)C1(C(=O)O)CCN(C(=O)[C@H]2CCCNC2)C1. The topological polar surface area (TPSA) is 69.6 Å². The zero-order chi connectivity index (χ0) is 14.0. The molecule has 0 aliphatic carbocycles. The van der Waals surface area contributed by atoms with E-state index in [-0.39, 0.29) is 17.7 Å². The van der Waals surface area contributed by atoms with Gasteiger partial charge in [0.1, 0.15) is 0 Å². The Morgan fingerprint density at radius 3 is 2.63 bits per heavy atom. The van der Waals surface area contributed by atoms with Crippen LogP contribution in [0.2, 0.25) is 0 Å². The van der Waals surface area contributed by atoms with Gasteiger partial charge in [-0.25, -0.2) is 0 Å². The summed E-state index contributed by atoms with van der Waals surface area (Å²) >= 11 is 0. The summed E-state index contributed by atoms with van der Waals surface area (Å²) in [5.74, 6) is -0.548. The van der Waals surface area contributed by atoms with Crippen LogP contribution >= 0.6 is 0 Å². The molecule has 2 heterocycles. The van der Waals surface area contributed by atoms with Crippen molar-refractivity contribution in [1.29, 1.82) is 0 Å². The van der Waals surface area contributed by atoms with Crippen molar-refractivity contribution >= 4 is 11.9 Å². The predicted molar refractivity (Wildman–Crippen MR) is 71.7 cm³/mol. The van der Waals surface area contributed by atoms with Crippen molar-refractivity contribution in [3.63, 3.8) is 0 Å². The van der Waals surface area contributed by atoms with E-state index in [9.17, 15) is 14.7 Å². The Morgan fingerprint density at radius 1 is 1.42 bits per heavy atom. The minimum Gasteiger partial charge on any atom is -0.481 e. The lowest BCUT2D eigenvalue weighted by Gasteiger charge is -2.30. The second-order valence-corrected chi connectivity index (χ2v) is 6.17. The summed E-state index contributed by atoms with van der Waals surface area (Å²) < 4.78 is 0. The van der Waals surface area contributed by atoms with Gasteiger partial charge >= 0.3 is 5.97 Å². The second kappa shape index (κ2) is 5.49. The third-order valence-electron chi connectivity index (χ3n) is 4.79. The van der Waals surface area contributed by atoms with Crippen LogP contribution in [0, 0.1) is 17.3 Å². The molecule has 2 N–H and O–H groups in total. The summed E-state index contributed by atoms with van der Waals surface area (Å²) in [4.78, 5) is 25.8. The van der Waals surface area contributed by atoms with E-state index in [0.717, 1.165) is 25.9 Å². The van der Waals surface area contributed by atoms with Crippen LogP contribution in [-0.4, -0.2) is 48.1 Å². The fourth-order valence-electron chi connectivity index (χ4n) is 3.23. The monoisotopic (exact) mass is 268 g/mol. The number of carboxylic acid groups (broad SMARTS) is 1. The number of nitrogens with zero attached hydrogens (tertiary/aromatic N) is 1. The molecule has 108 valence electrons. The number of amides is 1. The normalized spacial score (nSPS) is 31.7. The van der Waals surface area contributed by atoms with E-state index in [4.69, 9.17) is 0 Å². The number of hydrogen-bond donors (Lipinski definition) is 2. The Balaban J connectivity index is 2.04. The molecule has 2 aliphatic rings. The second-order valence-electron chi connectivity index (χ2n) is 6.17. The van der Waals surface area contributed by atoms with Crippen LogP contribution in [0.4, 0.5) is 0 Å². The lowest BCUT2D eigenvalue weighted by Crippen LogP contribution is -2.45. The fraction of sp³-hybridized carbons (Fsp3) is 0.857. The number of likely N-dealkylation sites (tertiary alicyclic amines) is 1. The maximum absolute atomic E-state index is 12.4. The van der Waals surface area contributed by atoms with Crippen LogP contribution in [-0.2, 0) is 9.59 Å². The molecule has 0 radical (unpaired) electrons. The van der Waals surface area contributed by atoms with Crippen LogP contribution in [0.1, 0.15) is 33.1 Å². The molecule has 1 amide bonds. The molecule has 19 heavy (non-hydrogen) atoms. The Morgan fingerprint density at radius 2 is 2.16 bits per heavy atom. The molecule has 2 saturated heterocycles. The van der Waals surface area contributed by atoms with Crippen LogP contribution in [0.3, 0.4) is 0 Å². The largest absolute Gasteiger partial charge is 0.481 e. The van der Waals surface area contributed by atoms with Crippen molar-refractivity contribution in [1.82, 2.24) is 10.2 Å². The van der Waals surface area contributed by atoms with Gasteiger partial charge in [-0.15, -0.1) is 0 Å². The fourth-order valence-corrected chi connectivity index (χ4v) is 3.23. The van der Waals surface area contributed by atoms with Gasteiger partial charge in [-0.3, -0.25) is 9.59 Å². The first-order valence-corrected chi connectivity index (χ1v) is 7.20. The van der Waals surface area contributed by atoms with Gasteiger partial charge in [-0.05, 0) is 31.7 Å². The van der Waals surface area contributed by atoms with Crippen molar-refractivity contribution in [3.8, 4) is 0 Å². The van der Waals surface area contributed by atoms with Crippen molar-refractivity contribution < 1.29 is 14.7 Å². The smallest absolute Gasteiger partial charge is 0.311 e. The highest BCUT2D eigenvalue weighted by molar-refractivity contribution is 5.82. The first-order valence-electron chi connectivity index (χ1n) is 7.20. The minimum absolute atomic E-state index is 0.0329. The van der Waals surface area contributed by atoms with Gasteiger partial charge in [-0.1, -0.05) is 13.8 Å². The first-order chi connectivity index (χ1) is 8.97. The molecule has 2 atom stereocenters. The number of carbonyl (C=O) groups excluding carboxylic acids is 1. The van der Waals surface area contributed by atoms with Gasteiger partial charge in [0.2, 0.25) is 5.91 Å². The van der Waals surface area contributed by atoms with Gasteiger partial charge in [0.15, 0.2) is 0 Å². The molecule has 5 nitrogen and oxygen atoms in total. The molecule has 0 saturated carbocycles. The van der Waals surface area contributed by atoms with Crippen LogP contribution in [0.25, 0.3) is 0 Å². The maximum atomic E-state index is 12.4. The number of piperidine rings is 1. The summed E-state index contributed by atoms with van der Waals surface area (Å²) in [5.41, 5.74) is -0.752. The van der Waals surface area contributed by atoms with Crippen LogP contribution in [0.5, 0.6) is 0 Å². The van der Waals surface area contributed by atoms with E-state index in [1.807, 2.05) is 13.8 Å². The summed E-state index contributed by atoms with van der Waals surface area (Å²) in [5, 5.41) is 12.7. The zero-order valence-electron chi connectivity index (χ0n) is 11.8. The van der Waals surface area contributed by atoms with E-state index >= 15 is 0 Å². The number of rotatable bonds is 3. The molecule has 0 bridgehead atoms. The molecule has 1 unspecified atom stereocenters. The number of nitrogens with one attached hydrogen (secondary N) is 1. The van der Waals surface area contributed by atoms with E-state index in [2.05, 4.69) is 5.32 Å². The molecular weight excluding hydrogens is 244 g/mol. The highest BCUT2D eigenvalue weighted by atomic mass is 16.4. The van der Waals surface area contributed by atoms with Crippen LogP contribution in [0.15, 0.2) is 0 Å². The van der Waals surface area contributed by atoms with Gasteiger partial charge < -0.3 is 15.3 Å². The molecule has 2 fully saturated rings. The Hall–Kier alpha value is -1.10. The molecule has 0 aromatic rings. The molecule has 0 spiro atoms.